The number of amides is 3. The van der Waals surface area contributed by atoms with Gasteiger partial charge >= 0.3 is 0 Å². The summed E-state index contributed by atoms with van der Waals surface area (Å²) in [7, 11) is 1.68. The molecule has 3 amide bonds. The molecule has 0 radical (unpaired) electrons. The molecule has 0 bridgehead atoms. The molecule has 0 saturated heterocycles. The van der Waals surface area contributed by atoms with E-state index in [1.54, 1.807) is 29.0 Å². The molecule has 1 N–H and O–H groups in total. The zero-order valence-corrected chi connectivity index (χ0v) is 18.7. The second kappa shape index (κ2) is 9.33. The van der Waals surface area contributed by atoms with Crippen molar-refractivity contribution in [1.82, 2.24) is 15.1 Å². The molecule has 0 aromatic heterocycles. The fraction of sp³-hybridized carbons (Fsp3) is 0.400. The molecule has 0 spiro atoms. The average Bonchev–Trinajstić information content (AvgIpc) is 2.75. The smallest absolute Gasteiger partial charge is 0.253 e. The van der Waals surface area contributed by atoms with Crippen LogP contribution in [0, 0.1) is 0 Å². The van der Waals surface area contributed by atoms with Crippen LogP contribution in [0.5, 0.6) is 0 Å². The van der Waals surface area contributed by atoms with Crippen molar-refractivity contribution < 1.29 is 14.4 Å². The molecular formula is C25H31N3O3. The van der Waals surface area contributed by atoms with Gasteiger partial charge in [0.1, 0.15) is 6.04 Å². The Hall–Kier alpha value is -3.15. The predicted molar refractivity (Wildman–Crippen MR) is 121 cm³/mol. The highest BCUT2D eigenvalue weighted by molar-refractivity contribution is 5.99. The predicted octanol–water partition coefficient (Wildman–Crippen LogP) is 2.67. The maximum Gasteiger partial charge on any atom is 0.253 e. The Morgan fingerprint density at radius 2 is 1.68 bits per heavy atom. The number of hydrogen-bond acceptors (Lipinski definition) is 3. The van der Waals surface area contributed by atoms with Crippen molar-refractivity contribution in [3.05, 3.63) is 71.3 Å². The maximum atomic E-state index is 13.4. The van der Waals surface area contributed by atoms with Crippen LogP contribution in [0.4, 0.5) is 0 Å². The zero-order chi connectivity index (χ0) is 22.6. The fourth-order valence-electron chi connectivity index (χ4n) is 3.82. The Morgan fingerprint density at radius 1 is 1.03 bits per heavy atom. The minimum Gasteiger partial charge on any atom is -0.350 e. The van der Waals surface area contributed by atoms with E-state index in [1.807, 2.05) is 63.2 Å². The molecule has 1 aliphatic heterocycles. The van der Waals surface area contributed by atoms with E-state index in [0.29, 0.717) is 24.1 Å². The molecule has 0 fully saturated rings. The number of likely N-dealkylation sites (N-methyl/N-ethyl adjacent to an activating group) is 1. The van der Waals surface area contributed by atoms with Crippen LogP contribution in [0.15, 0.2) is 54.6 Å². The van der Waals surface area contributed by atoms with Gasteiger partial charge in [-0.15, -0.1) is 0 Å². The first-order chi connectivity index (χ1) is 14.7. The van der Waals surface area contributed by atoms with Crippen molar-refractivity contribution in [3.8, 4) is 0 Å². The Labute approximate surface area is 184 Å². The third-order valence-electron chi connectivity index (χ3n) is 5.36. The van der Waals surface area contributed by atoms with Crippen LogP contribution >= 0.6 is 0 Å². The van der Waals surface area contributed by atoms with E-state index in [2.05, 4.69) is 5.32 Å². The van der Waals surface area contributed by atoms with Crippen LogP contribution < -0.4 is 5.32 Å². The third kappa shape index (κ3) is 5.72. The first-order valence-electron chi connectivity index (χ1n) is 10.6. The first kappa shape index (κ1) is 22.5. The van der Waals surface area contributed by atoms with Gasteiger partial charge in [-0.25, -0.2) is 0 Å². The van der Waals surface area contributed by atoms with Crippen LogP contribution in [-0.4, -0.2) is 59.2 Å². The van der Waals surface area contributed by atoms with Gasteiger partial charge in [-0.1, -0.05) is 48.5 Å². The summed E-state index contributed by atoms with van der Waals surface area (Å²) in [5, 5.41) is 2.99. The molecule has 0 saturated carbocycles. The molecule has 1 atom stereocenters. The molecule has 1 aliphatic rings. The summed E-state index contributed by atoms with van der Waals surface area (Å²) < 4.78 is 0. The maximum absolute atomic E-state index is 13.4. The third-order valence-corrected chi connectivity index (χ3v) is 5.36. The lowest BCUT2D eigenvalue weighted by Crippen LogP contribution is -2.58. The molecule has 3 rings (SSSR count). The number of carbonyl (C=O) groups is 3. The highest BCUT2D eigenvalue weighted by Crippen LogP contribution is 2.19. The summed E-state index contributed by atoms with van der Waals surface area (Å²) in [5.41, 5.74) is 1.84. The van der Waals surface area contributed by atoms with Gasteiger partial charge < -0.3 is 15.1 Å². The SMILES string of the molecule is CN1CC(C(=O)NC(C)(C)C)N(CCc2ccccc2)C(=O)Cc2ccccc2C1=O. The van der Waals surface area contributed by atoms with Gasteiger partial charge in [0.05, 0.1) is 13.0 Å². The molecule has 1 heterocycles. The molecule has 164 valence electrons. The molecule has 1 unspecified atom stereocenters. The van der Waals surface area contributed by atoms with Gasteiger partial charge in [-0.2, -0.15) is 0 Å². The van der Waals surface area contributed by atoms with Gasteiger partial charge in [0.15, 0.2) is 0 Å². The fourth-order valence-corrected chi connectivity index (χ4v) is 3.82. The molecule has 31 heavy (non-hydrogen) atoms. The van der Waals surface area contributed by atoms with E-state index in [-0.39, 0.29) is 30.7 Å². The van der Waals surface area contributed by atoms with Gasteiger partial charge in [-0.05, 0) is 44.4 Å². The second-order valence-electron chi connectivity index (χ2n) is 9.10. The Kier molecular flexibility index (Phi) is 6.78. The number of fused-ring (bicyclic) bond motifs is 1. The summed E-state index contributed by atoms with van der Waals surface area (Å²) in [6.45, 7) is 6.24. The number of rotatable bonds is 4. The molecular weight excluding hydrogens is 390 g/mol. The van der Waals surface area contributed by atoms with Crippen molar-refractivity contribution in [1.29, 1.82) is 0 Å². The molecule has 2 aromatic rings. The lowest BCUT2D eigenvalue weighted by molar-refractivity contribution is -0.141. The quantitative estimate of drug-likeness (QED) is 0.825. The average molecular weight is 422 g/mol. The zero-order valence-electron chi connectivity index (χ0n) is 18.7. The van der Waals surface area contributed by atoms with E-state index >= 15 is 0 Å². The minimum atomic E-state index is -0.765. The number of nitrogens with one attached hydrogen (secondary N) is 1. The normalized spacial score (nSPS) is 17.5. The van der Waals surface area contributed by atoms with Crippen molar-refractivity contribution in [3.63, 3.8) is 0 Å². The summed E-state index contributed by atoms with van der Waals surface area (Å²) >= 11 is 0. The van der Waals surface area contributed by atoms with Gasteiger partial charge in [0.25, 0.3) is 5.91 Å². The minimum absolute atomic E-state index is 0.0871. The van der Waals surface area contributed by atoms with Crippen LogP contribution in [0.2, 0.25) is 0 Å². The van der Waals surface area contributed by atoms with Crippen LogP contribution in [0.25, 0.3) is 0 Å². The van der Waals surface area contributed by atoms with E-state index in [9.17, 15) is 14.4 Å². The second-order valence-corrected chi connectivity index (χ2v) is 9.10. The highest BCUT2D eigenvalue weighted by Gasteiger charge is 2.35. The summed E-state index contributed by atoms with van der Waals surface area (Å²) in [6, 6.07) is 16.3. The molecule has 0 aliphatic carbocycles. The largest absolute Gasteiger partial charge is 0.350 e. The Morgan fingerprint density at radius 3 is 2.35 bits per heavy atom. The van der Waals surface area contributed by atoms with E-state index < -0.39 is 11.6 Å². The first-order valence-corrected chi connectivity index (χ1v) is 10.6. The van der Waals surface area contributed by atoms with Gasteiger partial charge in [0.2, 0.25) is 11.8 Å². The summed E-state index contributed by atoms with van der Waals surface area (Å²) in [5.74, 6) is -0.582. The van der Waals surface area contributed by atoms with Gasteiger partial charge in [0, 0.05) is 24.7 Å². The molecule has 6 nitrogen and oxygen atoms in total. The van der Waals surface area contributed by atoms with Crippen LogP contribution in [-0.2, 0) is 22.4 Å². The highest BCUT2D eigenvalue weighted by atomic mass is 16.2. The van der Waals surface area contributed by atoms with E-state index in [1.165, 1.54) is 0 Å². The monoisotopic (exact) mass is 421 g/mol. The molecule has 2 aromatic carbocycles. The Balaban J connectivity index is 1.97. The summed E-state index contributed by atoms with van der Waals surface area (Å²) in [4.78, 5) is 42.9. The van der Waals surface area contributed by atoms with Crippen LogP contribution in [0.3, 0.4) is 0 Å². The number of benzene rings is 2. The van der Waals surface area contributed by atoms with Crippen molar-refractivity contribution in [2.75, 3.05) is 20.1 Å². The van der Waals surface area contributed by atoms with Gasteiger partial charge in [-0.3, -0.25) is 14.4 Å². The Bertz CT molecular complexity index is 950. The van der Waals surface area contributed by atoms with Crippen molar-refractivity contribution >= 4 is 17.7 Å². The number of hydrogen-bond donors (Lipinski definition) is 1. The topological polar surface area (TPSA) is 69.7 Å². The van der Waals surface area contributed by atoms with Crippen LogP contribution in [0.1, 0.15) is 42.3 Å². The van der Waals surface area contributed by atoms with Crippen molar-refractivity contribution in [2.45, 2.75) is 45.2 Å². The summed E-state index contributed by atoms with van der Waals surface area (Å²) in [6.07, 6.45) is 0.717. The van der Waals surface area contributed by atoms with E-state index in [0.717, 1.165) is 5.56 Å². The number of carbonyl (C=O) groups excluding carboxylic acids is 3. The lowest BCUT2D eigenvalue weighted by Gasteiger charge is -2.35. The van der Waals surface area contributed by atoms with Crippen molar-refractivity contribution in [2.24, 2.45) is 0 Å². The molecule has 6 heteroatoms. The van der Waals surface area contributed by atoms with E-state index in [4.69, 9.17) is 0 Å². The standard InChI is InChI=1S/C25H31N3O3/c1-25(2,3)26-23(30)21-17-27(4)24(31)20-13-9-8-12-19(20)16-22(29)28(21)15-14-18-10-6-5-7-11-18/h5-13,21H,14-17H2,1-4H3,(H,26,30). The lowest BCUT2D eigenvalue weighted by atomic mass is 10.0. The number of nitrogens with zero attached hydrogens (tertiary/aromatic N) is 2.